The molecule has 2 rings (SSSR count). The summed E-state index contributed by atoms with van der Waals surface area (Å²) in [7, 11) is 0. The van der Waals surface area contributed by atoms with Crippen LogP contribution in [0, 0.1) is 5.92 Å². The van der Waals surface area contributed by atoms with Gasteiger partial charge in [-0.3, -0.25) is 9.59 Å². The van der Waals surface area contributed by atoms with Crippen molar-refractivity contribution in [3.8, 4) is 0 Å². The number of carboxylic acids is 1. The standard InChI is InChI=1S/C19H23NO4/c1-19(2,3)24-18(23)16(17(21)22)15(20)11-12-8-9-13-6-4-5-7-14(13)10-12/h4-10,15-16H,11,20H2,1-3H3,(H,21,22)/t15-,16+/m0/s1. The van der Waals surface area contributed by atoms with Crippen LogP contribution in [-0.4, -0.2) is 28.7 Å². The van der Waals surface area contributed by atoms with Crippen molar-refractivity contribution < 1.29 is 19.4 Å². The Kier molecular flexibility index (Phi) is 5.24. The first kappa shape index (κ1) is 17.9. The fourth-order valence-electron chi connectivity index (χ4n) is 2.58. The van der Waals surface area contributed by atoms with Crippen LogP contribution in [-0.2, 0) is 20.7 Å². The van der Waals surface area contributed by atoms with Crippen molar-refractivity contribution in [3.05, 3.63) is 48.0 Å². The Hall–Kier alpha value is -2.40. The van der Waals surface area contributed by atoms with Crippen LogP contribution in [0.5, 0.6) is 0 Å². The molecule has 5 nitrogen and oxygen atoms in total. The SMILES string of the molecule is CC(C)(C)OC(=O)[C@@H](C(=O)O)[C@@H](N)Cc1ccc2ccccc2c1. The number of hydrogen-bond acceptors (Lipinski definition) is 4. The van der Waals surface area contributed by atoms with E-state index < -0.39 is 29.5 Å². The Bertz CT molecular complexity index is 748. The Morgan fingerprint density at radius 1 is 1.12 bits per heavy atom. The van der Waals surface area contributed by atoms with Gasteiger partial charge in [0, 0.05) is 6.04 Å². The molecule has 0 bridgehead atoms. The second-order valence-corrected chi connectivity index (χ2v) is 6.90. The molecule has 0 heterocycles. The second-order valence-electron chi connectivity index (χ2n) is 6.90. The van der Waals surface area contributed by atoms with Gasteiger partial charge in [-0.1, -0.05) is 42.5 Å². The molecular weight excluding hydrogens is 306 g/mol. The summed E-state index contributed by atoms with van der Waals surface area (Å²) in [6, 6.07) is 12.8. The van der Waals surface area contributed by atoms with E-state index in [0.29, 0.717) is 0 Å². The lowest BCUT2D eigenvalue weighted by molar-refractivity contribution is -0.167. The number of carboxylic acid groups (broad SMARTS) is 1. The van der Waals surface area contributed by atoms with Gasteiger partial charge in [-0.05, 0) is 43.5 Å². The van der Waals surface area contributed by atoms with Crippen LogP contribution in [0.4, 0.5) is 0 Å². The van der Waals surface area contributed by atoms with E-state index in [1.165, 1.54) is 0 Å². The summed E-state index contributed by atoms with van der Waals surface area (Å²) in [5, 5.41) is 11.5. The van der Waals surface area contributed by atoms with E-state index in [2.05, 4.69) is 0 Å². The normalized spacial score (nSPS) is 14.2. The van der Waals surface area contributed by atoms with Gasteiger partial charge in [-0.25, -0.2) is 0 Å². The van der Waals surface area contributed by atoms with E-state index >= 15 is 0 Å². The number of carbonyl (C=O) groups excluding carboxylic acids is 1. The summed E-state index contributed by atoms with van der Waals surface area (Å²) >= 11 is 0. The van der Waals surface area contributed by atoms with Crippen LogP contribution < -0.4 is 5.73 Å². The molecule has 0 saturated heterocycles. The molecule has 24 heavy (non-hydrogen) atoms. The third-order valence-electron chi connectivity index (χ3n) is 3.64. The number of esters is 1. The van der Waals surface area contributed by atoms with Gasteiger partial charge in [0.2, 0.25) is 0 Å². The highest BCUT2D eigenvalue weighted by molar-refractivity contribution is 5.95. The van der Waals surface area contributed by atoms with Crippen molar-refractivity contribution in [3.63, 3.8) is 0 Å². The average Bonchev–Trinajstić information content (AvgIpc) is 2.44. The van der Waals surface area contributed by atoms with E-state index in [1.807, 2.05) is 42.5 Å². The summed E-state index contributed by atoms with van der Waals surface area (Å²) in [5.74, 6) is -3.46. The predicted octanol–water partition coefficient (Wildman–Crippen LogP) is 2.75. The molecule has 0 saturated carbocycles. The van der Waals surface area contributed by atoms with Crippen LogP contribution in [0.1, 0.15) is 26.3 Å². The number of aliphatic carboxylic acids is 1. The summed E-state index contributed by atoms with van der Waals surface area (Å²) in [5.41, 5.74) is 6.16. The monoisotopic (exact) mass is 329 g/mol. The molecule has 0 aliphatic heterocycles. The van der Waals surface area contributed by atoms with E-state index in [4.69, 9.17) is 10.5 Å². The fourth-order valence-corrected chi connectivity index (χ4v) is 2.58. The molecule has 2 aromatic rings. The molecule has 0 spiro atoms. The highest BCUT2D eigenvalue weighted by Gasteiger charge is 2.36. The summed E-state index contributed by atoms with van der Waals surface area (Å²) < 4.78 is 5.19. The molecule has 0 radical (unpaired) electrons. The molecule has 0 aliphatic carbocycles. The van der Waals surface area contributed by atoms with Gasteiger partial charge >= 0.3 is 11.9 Å². The number of rotatable bonds is 5. The minimum absolute atomic E-state index is 0.279. The highest BCUT2D eigenvalue weighted by atomic mass is 16.6. The molecular formula is C19H23NO4. The van der Waals surface area contributed by atoms with Gasteiger partial charge < -0.3 is 15.6 Å². The lowest BCUT2D eigenvalue weighted by atomic mass is 9.93. The molecule has 2 aromatic carbocycles. The summed E-state index contributed by atoms with van der Waals surface area (Å²) in [4.78, 5) is 23.7. The Morgan fingerprint density at radius 2 is 1.75 bits per heavy atom. The third-order valence-corrected chi connectivity index (χ3v) is 3.64. The molecule has 0 amide bonds. The quantitative estimate of drug-likeness (QED) is 0.650. The van der Waals surface area contributed by atoms with Crippen molar-refractivity contribution in [2.75, 3.05) is 0 Å². The van der Waals surface area contributed by atoms with Gasteiger partial charge in [0.05, 0.1) is 0 Å². The zero-order valence-electron chi connectivity index (χ0n) is 14.2. The maximum absolute atomic E-state index is 12.2. The fraction of sp³-hybridized carbons (Fsp3) is 0.368. The van der Waals surface area contributed by atoms with E-state index in [9.17, 15) is 14.7 Å². The topological polar surface area (TPSA) is 89.6 Å². The number of ether oxygens (including phenoxy) is 1. The minimum atomic E-state index is -1.39. The maximum Gasteiger partial charge on any atom is 0.322 e. The smallest absolute Gasteiger partial charge is 0.322 e. The van der Waals surface area contributed by atoms with Gasteiger partial charge in [-0.2, -0.15) is 0 Å². The van der Waals surface area contributed by atoms with Crippen molar-refractivity contribution in [1.29, 1.82) is 0 Å². The summed E-state index contributed by atoms with van der Waals surface area (Å²) in [6.45, 7) is 5.08. The summed E-state index contributed by atoms with van der Waals surface area (Å²) in [6.07, 6.45) is 0.279. The molecule has 2 atom stereocenters. The van der Waals surface area contributed by atoms with Crippen molar-refractivity contribution in [2.45, 2.75) is 38.8 Å². The van der Waals surface area contributed by atoms with Gasteiger partial charge in [0.1, 0.15) is 5.60 Å². The maximum atomic E-state index is 12.2. The van der Waals surface area contributed by atoms with Gasteiger partial charge in [0.25, 0.3) is 0 Å². The van der Waals surface area contributed by atoms with Crippen molar-refractivity contribution in [2.24, 2.45) is 11.7 Å². The van der Waals surface area contributed by atoms with Crippen molar-refractivity contribution in [1.82, 2.24) is 0 Å². The molecule has 3 N–H and O–H groups in total. The number of carbonyl (C=O) groups is 2. The number of nitrogens with two attached hydrogens (primary N) is 1. The zero-order valence-corrected chi connectivity index (χ0v) is 14.2. The van der Waals surface area contributed by atoms with Crippen LogP contribution in [0.15, 0.2) is 42.5 Å². The largest absolute Gasteiger partial charge is 0.481 e. The first-order valence-corrected chi connectivity index (χ1v) is 7.86. The van der Waals surface area contributed by atoms with Gasteiger partial charge in [-0.15, -0.1) is 0 Å². The lowest BCUT2D eigenvalue weighted by Crippen LogP contribution is -2.45. The van der Waals surface area contributed by atoms with Crippen LogP contribution in [0.3, 0.4) is 0 Å². The number of hydrogen-bond donors (Lipinski definition) is 2. The third kappa shape index (κ3) is 4.55. The van der Waals surface area contributed by atoms with Crippen molar-refractivity contribution >= 4 is 22.7 Å². The first-order chi connectivity index (χ1) is 11.2. The highest BCUT2D eigenvalue weighted by Crippen LogP contribution is 2.20. The molecule has 0 fully saturated rings. The Balaban J connectivity index is 2.18. The van der Waals surface area contributed by atoms with E-state index in [-0.39, 0.29) is 6.42 Å². The van der Waals surface area contributed by atoms with Crippen LogP contribution in [0.25, 0.3) is 10.8 Å². The average molecular weight is 329 g/mol. The minimum Gasteiger partial charge on any atom is -0.481 e. The Morgan fingerprint density at radius 3 is 2.33 bits per heavy atom. The zero-order chi connectivity index (χ0) is 17.9. The first-order valence-electron chi connectivity index (χ1n) is 7.86. The number of benzene rings is 2. The Labute approximate surface area is 141 Å². The predicted molar refractivity (Wildman–Crippen MR) is 92.6 cm³/mol. The lowest BCUT2D eigenvalue weighted by Gasteiger charge is -2.25. The molecule has 0 aromatic heterocycles. The molecule has 0 aliphatic rings. The van der Waals surface area contributed by atoms with E-state index in [0.717, 1.165) is 16.3 Å². The van der Waals surface area contributed by atoms with Crippen LogP contribution >= 0.6 is 0 Å². The second kappa shape index (κ2) is 7.01. The molecule has 5 heteroatoms. The van der Waals surface area contributed by atoms with Gasteiger partial charge in [0.15, 0.2) is 5.92 Å². The molecule has 128 valence electrons. The van der Waals surface area contributed by atoms with E-state index in [1.54, 1.807) is 20.8 Å². The number of fused-ring (bicyclic) bond motifs is 1. The molecule has 0 unspecified atom stereocenters. The van der Waals surface area contributed by atoms with Crippen LogP contribution in [0.2, 0.25) is 0 Å².